The minimum atomic E-state index is -2.88. The molecular weight excluding hydrogens is 497 g/mol. The van der Waals surface area contributed by atoms with Crippen molar-refractivity contribution in [2.75, 3.05) is 13.1 Å². The van der Waals surface area contributed by atoms with Gasteiger partial charge in [0.1, 0.15) is 18.1 Å². The first-order valence-electron chi connectivity index (χ1n) is 8.61. The van der Waals surface area contributed by atoms with Gasteiger partial charge in [-0.1, -0.05) is 18.2 Å². The molecule has 1 atom stereocenters. The number of aryl methyl sites for hydroxylation is 1. The van der Waals surface area contributed by atoms with Crippen LogP contribution >= 0.6 is 24.0 Å². The van der Waals surface area contributed by atoms with E-state index in [1.807, 2.05) is 18.5 Å². The molecule has 11 heteroatoms. The van der Waals surface area contributed by atoms with Gasteiger partial charge in [0.05, 0.1) is 6.10 Å². The Morgan fingerprint density at radius 2 is 2.00 bits per heavy atom. The third-order valence-corrected chi connectivity index (χ3v) is 3.93. The first-order valence-corrected chi connectivity index (χ1v) is 8.61. The van der Waals surface area contributed by atoms with Crippen molar-refractivity contribution in [3.05, 3.63) is 54.1 Å². The van der Waals surface area contributed by atoms with E-state index in [4.69, 9.17) is 0 Å². The van der Waals surface area contributed by atoms with Crippen LogP contribution in [0.5, 0.6) is 5.75 Å². The molecule has 0 aliphatic heterocycles. The Bertz CT molecular complexity index is 798. The summed E-state index contributed by atoms with van der Waals surface area (Å²) in [5.41, 5.74) is 0.557. The second-order valence-corrected chi connectivity index (χ2v) is 5.90. The van der Waals surface area contributed by atoms with Crippen molar-refractivity contribution in [2.24, 2.45) is 12.0 Å². The molecule has 3 N–H and O–H groups in total. The van der Waals surface area contributed by atoms with Crippen molar-refractivity contribution in [3.8, 4) is 5.75 Å². The van der Waals surface area contributed by atoms with E-state index in [0.29, 0.717) is 30.4 Å². The number of halogens is 3. The third-order valence-electron chi connectivity index (χ3n) is 3.93. The van der Waals surface area contributed by atoms with Gasteiger partial charge in [-0.05, 0) is 24.6 Å². The molecule has 0 aliphatic rings. The van der Waals surface area contributed by atoms with Gasteiger partial charge in [-0.15, -0.1) is 40.8 Å². The van der Waals surface area contributed by atoms with Gasteiger partial charge in [0.2, 0.25) is 0 Å². The summed E-state index contributed by atoms with van der Waals surface area (Å²) >= 11 is 0. The van der Waals surface area contributed by atoms with Crippen LogP contribution < -0.4 is 15.4 Å². The van der Waals surface area contributed by atoms with Crippen LogP contribution in [-0.4, -0.2) is 45.5 Å². The number of guanidine groups is 1. The zero-order valence-corrected chi connectivity index (χ0v) is 18.5. The molecule has 0 bridgehead atoms. The number of aliphatic hydroxyl groups excluding tert-OH is 1. The highest BCUT2D eigenvalue weighted by atomic mass is 127. The zero-order chi connectivity index (χ0) is 20.5. The maximum Gasteiger partial charge on any atom is 0.387 e. The normalized spacial score (nSPS) is 12.3. The van der Waals surface area contributed by atoms with Gasteiger partial charge in [0.25, 0.3) is 0 Å². The highest BCUT2D eigenvalue weighted by Gasteiger charge is 2.11. The Morgan fingerprint density at radius 1 is 1.31 bits per heavy atom. The average molecular weight is 522 g/mol. The minimum Gasteiger partial charge on any atom is -0.435 e. The number of hydrogen-bond donors (Lipinski definition) is 3. The van der Waals surface area contributed by atoms with E-state index < -0.39 is 12.7 Å². The summed E-state index contributed by atoms with van der Waals surface area (Å²) in [5, 5.41) is 24.4. The Labute approximate surface area is 185 Å². The van der Waals surface area contributed by atoms with Gasteiger partial charge >= 0.3 is 6.61 Å². The molecule has 2 rings (SSSR count). The van der Waals surface area contributed by atoms with Gasteiger partial charge in [-0.3, -0.25) is 0 Å². The van der Waals surface area contributed by atoms with E-state index in [2.05, 4.69) is 37.1 Å². The van der Waals surface area contributed by atoms with Crippen LogP contribution in [0, 0.1) is 6.92 Å². The number of ether oxygens (including phenoxy) is 1. The second-order valence-electron chi connectivity index (χ2n) is 5.90. The van der Waals surface area contributed by atoms with Gasteiger partial charge in [0.15, 0.2) is 11.8 Å². The molecule has 29 heavy (non-hydrogen) atoms. The van der Waals surface area contributed by atoms with Crippen LogP contribution in [0.25, 0.3) is 0 Å². The molecular formula is C18H25F2IN6O2. The Morgan fingerprint density at radius 3 is 2.55 bits per heavy atom. The predicted molar refractivity (Wildman–Crippen MR) is 117 cm³/mol. The predicted octanol–water partition coefficient (Wildman–Crippen LogP) is 2.30. The maximum atomic E-state index is 12.2. The van der Waals surface area contributed by atoms with Gasteiger partial charge in [-0.2, -0.15) is 8.78 Å². The van der Waals surface area contributed by atoms with Crippen molar-refractivity contribution < 1.29 is 18.6 Å². The van der Waals surface area contributed by atoms with E-state index in [9.17, 15) is 13.9 Å². The third kappa shape index (κ3) is 7.93. The first-order chi connectivity index (χ1) is 13.4. The van der Waals surface area contributed by atoms with Crippen molar-refractivity contribution in [1.29, 1.82) is 0 Å². The standard InChI is InChI=1S/C18H24F2N6O2.HI/c1-4-9-21-18(23-11-16-25-24-12(2)26(16)3)22-10-15(27)13-5-7-14(8-6-13)28-17(19)20;/h4-8,15,17,27H,1,9-11H2,2-3H3,(H2,21,22,23);1H. The van der Waals surface area contributed by atoms with E-state index in [-0.39, 0.29) is 36.3 Å². The number of aliphatic hydroxyl groups is 1. The van der Waals surface area contributed by atoms with Crippen LogP contribution in [0.2, 0.25) is 0 Å². The van der Waals surface area contributed by atoms with Gasteiger partial charge in [-0.25, -0.2) is 4.99 Å². The molecule has 1 aromatic carbocycles. The number of aliphatic imine (C=N–C) groups is 1. The first kappa shape index (κ1) is 24.8. The van der Waals surface area contributed by atoms with E-state index in [0.717, 1.165) is 5.82 Å². The monoisotopic (exact) mass is 522 g/mol. The fourth-order valence-electron chi connectivity index (χ4n) is 2.26. The van der Waals surface area contributed by atoms with Crippen molar-refractivity contribution >= 4 is 29.9 Å². The number of benzene rings is 1. The largest absolute Gasteiger partial charge is 0.435 e. The fourth-order valence-corrected chi connectivity index (χ4v) is 2.26. The van der Waals surface area contributed by atoms with Crippen LogP contribution in [0.3, 0.4) is 0 Å². The van der Waals surface area contributed by atoms with Crippen molar-refractivity contribution in [2.45, 2.75) is 26.2 Å². The molecule has 160 valence electrons. The summed E-state index contributed by atoms with van der Waals surface area (Å²) in [4.78, 5) is 4.43. The number of alkyl halides is 2. The Balaban J connectivity index is 0.00000420. The SMILES string of the molecule is C=CCNC(=NCc1nnc(C)n1C)NCC(O)c1ccc(OC(F)F)cc1.I. The highest BCUT2D eigenvalue weighted by molar-refractivity contribution is 14.0. The molecule has 0 saturated heterocycles. The topological polar surface area (TPSA) is 96.6 Å². The minimum absolute atomic E-state index is 0. The van der Waals surface area contributed by atoms with Crippen LogP contribution in [0.4, 0.5) is 8.78 Å². The number of hydrogen-bond acceptors (Lipinski definition) is 5. The number of aromatic nitrogens is 3. The maximum absolute atomic E-state index is 12.2. The number of rotatable bonds is 9. The smallest absolute Gasteiger partial charge is 0.387 e. The van der Waals surface area contributed by atoms with E-state index in [1.165, 1.54) is 24.3 Å². The molecule has 0 fully saturated rings. The summed E-state index contributed by atoms with van der Waals surface area (Å²) in [5.74, 6) is 1.99. The second kappa shape index (κ2) is 12.3. The summed E-state index contributed by atoms with van der Waals surface area (Å²) < 4.78 is 30.5. The van der Waals surface area contributed by atoms with E-state index in [1.54, 1.807) is 6.08 Å². The summed E-state index contributed by atoms with van der Waals surface area (Å²) in [7, 11) is 1.86. The highest BCUT2D eigenvalue weighted by Crippen LogP contribution is 2.19. The van der Waals surface area contributed by atoms with Crippen LogP contribution in [0.15, 0.2) is 41.9 Å². The molecule has 0 aliphatic carbocycles. The van der Waals surface area contributed by atoms with Crippen LogP contribution in [0.1, 0.15) is 23.3 Å². The summed E-state index contributed by atoms with van der Waals surface area (Å²) in [6.07, 6.45) is 0.815. The van der Waals surface area contributed by atoms with Crippen molar-refractivity contribution in [3.63, 3.8) is 0 Å². The lowest BCUT2D eigenvalue weighted by molar-refractivity contribution is -0.0498. The van der Waals surface area contributed by atoms with Crippen molar-refractivity contribution in [1.82, 2.24) is 25.4 Å². The Kier molecular flexibility index (Phi) is 10.5. The number of nitrogens with zero attached hydrogens (tertiary/aromatic N) is 4. The quantitative estimate of drug-likeness (QED) is 0.203. The lowest BCUT2D eigenvalue weighted by atomic mass is 10.1. The molecule has 0 radical (unpaired) electrons. The molecule has 8 nitrogen and oxygen atoms in total. The molecule has 1 unspecified atom stereocenters. The number of nitrogens with one attached hydrogen (secondary N) is 2. The molecule has 0 spiro atoms. The summed E-state index contributed by atoms with van der Waals surface area (Å²) in [6, 6.07) is 5.82. The van der Waals surface area contributed by atoms with Gasteiger partial charge < -0.3 is 25.0 Å². The van der Waals surface area contributed by atoms with Crippen LogP contribution in [-0.2, 0) is 13.6 Å². The summed E-state index contributed by atoms with van der Waals surface area (Å²) in [6.45, 7) is 3.57. The Hall–Kier alpha value is -2.28. The lowest BCUT2D eigenvalue weighted by Gasteiger charge is -2.16. The van der Waals surface area contributed by atoms with Gasteiger partial charge in [0, 0.05) is 20.1 Å². The van der Waals surface area contributed by atoms with E-state index >= 15 is 0 Å². The molecule has 0 saturated carbocycles. The lowest BCUT2D eigenvalue weighted by Crippen LogP contribution is -2.39. The zero-order valence-electron chi connectivity index (χ0n) is 16.2. The fraction of sp³-hybridized carbons (Fsp3) is 0.389. The molecule has 1 aromatic heterocycles. The molecule has 2 aromatic rings. The molecule has 0 amide bonds. The molecule has 1 heterocycles. The average Bonchev–Trinajstić information content (AvgIpc) is 2.99.